The number of amides is 1. The number of pyridine rings is 2. The molecule has 6 nitrogen and oxygen atoms in total. The van der Waals surface area contributed by atoms with Crippen LogP contribution in [0.3, 0.4) is 0 Å². The van der Waals surface area contributed by atoms with Crippen LogP contribution in [0.25, 0.3) is 0 Å². The molecule has 2 N–H and O–H groups in total. The summed E-state index contributed by atoms with van der Waals surface area (Å²) in [5, 5.41) is 12.7. The van der Waals surface area contributed by atoms with Crippen molar-refractivity contribution in [2.45, 2.75) is 38.0 Å². The average Bonchev–Trinajstić information content (AvgIpc) is 2.60. The van der Waals surface area contributed by atoms with E-state index >= 15 is 0 Å². The Labute approximate surface area is 147 Å². The van der Waals surface area contributed by atoms with Gasteiger partial charge < -0.3 is 15.2 Å². The first kappa shape index (κ1) is 17.5. The van der Waals surface area contributed by atoms with Crippen LogP contribution in [0.2, 0.25) is 0 Å². The van der Waals surface area contributed by atoms with E-state index in [4.69, 9.17) is 4.74 Å². The Hall–Kier alpha value is -2.31. The second-order valence-electron chi connectivity index (χ2n) is 6.47. The van der Waals surface area contributed by atoms with Gasteiger partial charge in [0.2, 0.25) is 0 Å². The molecule has 0 aliphatic heterocycles. The highest BCUT2D eigenvalue weighted by molar-refractivity contribution is 5.92. The zero-order valence-electron chi connectivity index (χ0n) is 14.3. The van der Waals surface area contributed by atoms with Gasteiger partial charge in [0.1, 0.15) is 5.69 Å². The van der Waals surface area contributed by atoms with Crippen molar-refractivity contribution in [2.24, 2.45) is 5.92 Å². The molecule has 1 aliphatic carbocycles. The average molecular weight is 341 g/mol. The van der Waals surface area contributed by atoms with Crippen LogP contribution in [0.5, 0.6) is 0 Å². The Morgan fingerprint density at radius 3 is 2.76 bits per heavy atom. The first-order chi connectivity index (χ1) is 12.2. The normalized spacial score (nSPS) is 20.6. The van der Waals surface area contributed by atoms with Gasteiger partial charge in [0.25, 0.3) is 5.91 Å². The monoisotopic (exact) mass is 341 g/mol. The molecule has 0 bridgehead atoms. The summed E-state index contributed by atoms with van der Waals surface area (Å²) in [6.07, 6.45) is 5.38. The molecule has 6 heteroatoms. The maximum Gasteiger partial charge on any atom is 0.270 e. The van der Waals surface area contributed by atoms with Crippen LogP contribution in [0.4, 0.5) is 0 Å². The number of aliphatic hydroxyl groups is 1. The van der Waals surface area contributed by atoms with Crippen LogP contribution >= 0.6 is 0 Å². The molecule has 132 valence electrons. The van der Waals surface area contributed by atoms with Gasteiger partial charge in [-0.05, 0) is 55.0 Å². The number of rotatable bonds is 7. The number of hydrogen-bond donors (Lipinski definition) is 2. The molecule has 2 aromatic heterocycles. The summed E-state index contributed by atoms with van der Waals surface area (Å²) < 4.78 is 5.07. The van der Waals surface area contributed by atoms with Gasteiger partial charge in [0.15, 0.2) is 0 Å². The number of aromatic nitrogens is 2. The predicted octanol–water partition coefficient (Wildman–Crippen LogP) is 1.73. The number of ether oxygens (including phenoxy) is 1. The summed E-state index contributed by atoms with van der Waals surface area (Å²) in [5.41, 5.74) is 2.22. The highest BCUT2D eigenvalue weighted by Crippen LogP contribution is 2.31. The van der Waals surface area contributed by atoms with Crippen molar-refractivity contribution in [3.05, 3.63) is 59.7 Å². The summed E-state index contributed by atoms with van der Waals surface area (Å²) in [6.45, 7) is 0.371. The molecule has 2 aromatic rings. The van der Waals surface area contributed by atoms with Crippen molar-refractivity contribution in [1.82, 2.24) is 15.3 Å². The van der Waals surface area contributed by atoms with E-state index in [0.29, 0.717) is 31.6 Å². The number of nitrogens with zero attached hydrogens (tertiary/aromatic N) is 2. The molecule has 1 aliphatic rings. The smallest absolute Gasteiger partial charge is 0.270 e. The van der Waals surface area contributed by atoms with Crippen molar-refractivity contribution in [2.75, 3.05) is 7.11 Å². The fraction of sp³-hybridized carbons (Fsp3) is 0.421. The van der Waals surface area contributed by atoms with Crippen LogP contribution in [0, 0.1) is 5.92 Å². The summed E-state index contributed by atoms with van der Waals surface area (Å²) in [6, 6.07) is 9.20. The third-order valence-corrected chi connectivity index (χ3v) is 4.57. The molecular weight excluding hydrogens is 318 g/mol. The summed E-state index contributed by atoms with van der Waals surface area (Å²) in [7, 11) is 1.60. The minimum Gasteiger partial charge on any atom is -0.393 e. The Bertz CT molecular complexity index is 702. The Kier molecular flexibility index (Phi) is 5.73. The molecule has 0 aromatic carbocycles. The molecule has 1 fully saturated rings. The van der Waals surface area contributed by atoms with Crippen LogP contribution in [0.1, 0.15) is 34.6 Å². The molecule has 0 unspecified atom stereocenters. The number of methoxy groups -OCH3 is 1. The van der Waals surface area contributed by atoms with Gasteiger partial charge in [-0.15, -0.1) is 0 Å². The molecule has 3 rings (SSSR count). The Balaban J connectivity index is 1.70. The van der Waals surface area contributed by atoms with E-state index in [2.05, 4.69) is 15.3 Å². The fourth-order valence-corrected chi connectivity index (χ4v) is 3.14. The third-order valence-electron chi connectivity index (χ3n) is 4.57. The summed E-state index contributed by atoms with van der Waals surface area (Å²) in [5.74, 6) is 0.0765. The first-order valence-corrected chi connectivity index (χ1v) is 8.48. The second-order valence-corrected chi connectivity index (χ2v) is 6.47. The highest BCUT2D eigenvalue weighted by Gasteiger charge is 2.35. The summed E-state index contributed by atoms with van der Waals surface area (Å²) in [4.78, 5) is 21.0. The number of nitrogens with one attached hydrogen (secondary N) is 1. The molecule has 1 amide bonds. The summed E-state index contributed by atoms with van der Waals surface area (Å²) >= 11 is 0. The van der Waals surface area contributed by atoms with E-state index in [9.17, 15) is 9.90 Å². The second kappa shape index (κ2) is 8.18. The van der Waals surface area contributed by atoms with Crippen molar-refractivity contribution >= 4 is 5.91 Å². The largest absolute Gasteiger partial charge is 0.393 e. The fourth-order valence-electron chi connectivity index (χ4n) is 3.14. The van der Waals surface area contributed by atoms with Gasteiger partial charge >= 0.3 is 0 Å². The minimum absolute atomic E-state index is 0.0359. The molecule has 0 spiro atoms. The van der Waals surface area contributed by atoms with E-state index in [1.165, 1.54) is 0 Å². The maximum absolute atomic E-state index is 12.6. The molecule has 25 heavy (non-hydrogen) atoms. The van der Waals surface area contributed by atoms with Crippen LogP contribution in [0.15, 0.2) is 42.7 Å². The van der Waals surface area contributed by atoms with Crippen molar-refractivity contribution in [3.63, 3.8) is 0 Å². The highest BCUT2D eigenvalue weighted by atomic mass is 16.5. The Morgan fingerprint density at radius 1 is 1.32 bits per heavy atom. The van der Waals surface area contributed by atoms with E-state index in [1.807, 2.05) is 18.2 Å². The topological polar surface area (TPSA) is 84.3 Å². The van der Waals surface area contributed by atoms with Crippen molar-refractivity contribution in [3.8, 4) is 0 Å². The number of aliphatic hydroxyl groups excluding tert-OH is 1. The van der Waals surface area contributed by atoms with Crippen LogP contribution in [-0.2, 0) is 17.8 Å². The molecule has 2 heterocycles. The van der Waals surface area contributed by atoms with Crippen molar-refractivity contribution < 1.29 is 14.6 Å². The number of hydrogen-bond acceptors (Lipinski definition) is 5. The lowest BCUT2D eigenvalue weighted by atomic mass is 9.75. The third kappa shape index (κ3) is 4.61. The van der Waals surface area contributed by atoms with Crippen molar-refractivity contribution in [1.29, 1.82) is 0 Å². The lowest BCUT2D eigenvalue weighted by Crippen LogP contribution is -2.48. The lowest BCUT2D eigenvalue weighted by molar-refractivity contribution is 0.0238. The first-order valence-electron chi connectivity index (χ1n) is 8.48. The van der Waals surface area contributed by atoms with Gasteiger partial charge in [0, 0.05) is 25.5 Å². The standard InChI is InChI=1S/C19H23N3O3/c1-25-12-15-3-2-4-17(21-15)19(24)22-18(14-10-16(23)11-14)9-13-5-7-20-8-6-13/h2-8,14,16,18,23H,9-12H2,1H3,(H,22,24)/t14?,16?,18-/m0/s1. The minimum atomic E-state index is -0.259. The zero-order chi connectivity index (χ0) is 17.6. The van der Waals surface area contributed by atoms with E-state index in [0.717, 1.165) is 11.3 Å². The Morgan fingerprint density at radius 2 is 2.08 bits per heavy atom. The van der Waals surface area contributed by atoms with Crippen LogP contribution in [-0.4, -0.2) is 40.2 Å². The van der Waals surface area contributed by atoms with Gasteiger partial charge in [-0.2, -0.15) is 0 Å². The molecular formula is C19H23N3O3. The van der Waals surface area contributed by atoms with Crippen LogP contribution < -0.4 is 5.32 Å². The zero-order valence-corrected chi connectivity index (χ0v) is 14.3. The quantitative estimate of drug-likeness (QED) is 0.801. The maximum atomic E-state index is 12.6. The SMILES string of the molecule is COCc1cccc(C(=O)N[C@@H](Cc2ccncc2)C2CC(O)C2)n1. The number of carbonyl (C=O) groups excluding carboxylic acids is 1. The van der Waals surface area contributed by atoms with E-state index < -0.39 is 0 Å². The molecule has 1 atom stereocenters. The lowest BCUT2D eigenvalue weighted by Gasteiger charge is -2.38. The van der Waals surface area contributed by atoms with E-state index in [1.54, 1.807) is 31.6 Å². The van der Waals surface area contributed by atoms with E-state index in [-0.39, 0.29) is 24.0 Å². The molecule has 0 saturated heterocycles. The number of carbonyl (C=O) groups is 1. The molecule has 1 saturated carbocycles. The van der Waals surface area contributed by atoms with Gasteiger partial charge in [0.05, 0.1) is 18.4 Å². The van der Waals surface area contributed by atoms with Gasteiger partial charge in [-0.25, -0.2) is 4.98 Å². The predicted molar refractivity (Wildman–Crippen MR) is 92.9 cm³/mol. The van der Waals surface area contributed by atoms with Gasteiger partial charge in [-0.3, -0.25) is 9.78 Å². The molecule has 0 radical (unpaired) electrons. The van der Waals surface area contributed by atoms with Gasteiger partial charge in [-0.1, -0.05) is 6.07 Å².